The molecule has 1 saturated heterocycles. The number of aryl methyl sites for hydroxylation is 1. The highest BCUT2D eigenvalue weighted by atomic mass is 32.2. The molecule has 3 rings (SSSR count). The van der Waals surface area contributed by atoms with Crippen molar-refractivity contribution in [1.29, 1.82) is 0 Å². The van der Waals surface area contributed by atoms with Gasteiger partial charge >= 0.3 is 6.09 Å². The van der Waals surface area contributed by atoms with Crippen molar-refractivity contribution in [2.24, 2.45) is 5.92 Å². The highest BCUT2D eigenvalue weighted by molar-refractivity contribution is 8.15. The van der Waals surface area contributed by atoms with E-state index >= 15 is 0 Å². The van der Waals surface area contributed by atoms with Crippen molar-refractivity contribution >= 4 is 34.9 Å². The third-order valence-corrected chi connectivity index (χ3v) is 7.05. The highest BCUT2D eigenvalue weighted by Crippen LogP contribution is 2.31. The molecule has 39 heavy (non-hydrogen) atoms. The van der Waals surface area contributed by atoms with Crippen LogP contribution in [-0.4, -0.2) is 56.5 Å². The number of carbonyl (C=O) groups is 4. The molecule has 4 amide bonds. The maximum absolute atomic E-state index is 13.2. The van der Waals surface area contributed by atoms with Crippen LogP contribution in [0.3, 0.4) is 0 Å². The number of carbonyl (C=O) groups excluding carboxylic acids is 4. The molecule has 1 aromatic heterocycles. The third-order valence-electron chi connectivity index (χ3n) is 6.01. The van der Waals surface area contributed by atoms with Crippen molar-refractivity contribution in [2.75, 3.05) is 6.61 Å². The normalized spacial score (nSPS) is 16.4. The van der Waals surface area contributed by atoms with Crippen LogP contribution in [0.2, 0.25) is 0 Å². The Bertz CT molecular complexity index is 1180. The van der Waals surface area contributed by atoms with E-state index in [9.17, 15) is 19.2 Å². The molecule has 0 radical (unpaired) electrons. The van der Waals surface area contributed by atoms with Gasteiger partial charge in [0.1, 0.15) is 17.4 Å². The lowest BCUT2D eigenvalue weighted by atomic mass is 10.0. The van der Waals surface area contributed by atoms with E-state index in [-0.39, 0.29) is 12.3 Å². The zero-order chi connectivity index (χ0) is 28.7. The fourth-order valence-corrected chi connectivity index (χ4v) is 4.91. The molecule has 0 saturated carbocycles. The number of pyridine rings is 1. The van der Waals surface area contributed by atoms with E-state index in [2.05, 4.69) is 23.3 Å². The van der Waals surface area contributed by atoms with E-state index < -0.39 is 40.0 Å². The molecule has 1 aromatic carbocycles. The zero-order valence-electron chi connectivity index (χ0n) is 23.4. The van der Waals surface area contributed by atoms with Crippen molar-refractivity contribution in [1.82, 2.24) is 15.2 Å². The van der Waals surface area contributed by atoms with Crippen LogP contribution in [0.25, 0.3) is 0 Å². The lowest BCUT2D eigenvalue weighted by molar-refractivity contribution is -0.141. The summed E-state index contributed by atoms with van der Waals surface area (Å²) in [6.07, 6.45) is 3.01. The van der Waals surface area contributed by atoms with E-state index in [1.54, 1.807) is 34.6 Å². The van der Waals surface area contributed by atoms with Gasteiger partial charge in [0.05, 0.1) is 11.9 Å². The fourth-order valence-electron chi connectivity index (χ4n) is 3.89. The van der Waals surface area contributed by atoms with Crippen LogP contribution in [0.1, 0.15) is 58.4 Å². The zero-order valence-corrected chi connectivity index (χ0v) is 24.2. The molecule has 9 nitrogen and oxygen atoms in total. The number of nitrogens with zero attached hydrogens (tertiary/aromatic N) is 2. The van der Waals surface area contributed by atoms with E-state index in [1.807, 2.05) is 36.5 Å². The quantitative estimate of drug-likeness (QED) is 0.438. The predicted octanol–water partition coefficient (Wildman–Crippen LogP) is 4.95. The number of imide groups is 3. The second-order valence-electron chi connectivity index (χ2n) is 10.7. The number of amides is 4. The molecular weight excluding hydrogens is 518 g/mol. The lowest BCUT2D eigenvalue weighted by Gasteiger charge is -2.26. The van der Waals surface area contributed by atoms with Crippen molar-refractivity contribution in [3.8, 4) is 5.75 Å². The van der Waals surface area contributed by atoms with Crippen LogP contribution < -0.4 is 10.1 Å². The van der Waals surface area contributed by atoms with Gasteiger partial charge in [-0.05, 0) is 68.9 Å². The summed E-state index contributed by atoms with van der Waals surface area (Å²) in [6, 6.07) is 10.3. The summed E-state index contributed by atoms with van der Waals surface area (Å²) in [4.78, 5) is 56.3. The summed E-state index contributed by atoms with van der Waals surface area (Å²) < 4.78 is 11.1. The van der Waals surface area contributed by atoms with E-state index in [0.717, 1.165) is 29.4 Å². The molecule has 0 spiro atoms. The van der Waals surface area contributed by atoms with Crippen molar-refractivity contribution in [2.45, 2.75) is 77.7 Å². The molecule has 1 aliphatic rings. The Morgan fingerprint density at radius 2 is 1.74 bits per heavy atom. The summed E-state index contributed by atoms with van der Waals surface area (Å²) in [5, 5.41) is 1.13. The smallest absolute Gasteiger partial charge is 0.408 e. The summed E-state index contributed by atoms with van der Waals surface area (Å²) >= 11 is 0.816. The van der Waals surface area contributed by atoms with E-state index in [0.29, 0.717) is 23.7 Å². The minimum absolute atomic E-state index is 0.277. The minimum atomic E-state index is -1.08. The van der Waals surface area contributed by atoms with E-state index in [4.69, 9.17) is 9.47 Å². The Morgan fingerprint density at radius 1 is 1.08 bits per heavy atom. The largest absolute Gasteiger partial charge is 0.493 e. The topological polar surface area (TPSA) is 115 Å². The van der Waals surface area contributed by atoms with Gasteiger partial charge in [-0.1, -0.05) is 50.7 Å². The van der Waals surface area contributed by atoms with Gasteiger partial charge in [0, 0.05) is 18.3 Å². The molecule has 2 unspecified atom stereocenters. The second kappa shape index (κ2) is 13.1. The Hall–Kier alpha value is -3.40. The second-order valence-corrected chi connectivity index (χ2v) is 11.9. The molecule has 0 aliphatic carbocycles. The average Bonchev–Trinajstić information content (AvgIpc) is 3.14. The van der Waals surface area contributed by atoms with Crippen LogP contribution in [0.4, 0.5) is 9.59 Å². The molecule has 0 bridgehead atoms. The number of aromatic nitrogens is 1. The van der Waals surface area contributed by atoms with Gasteiger partial charge in [-0.2, -0.15) is 0 Å². The van der Waals surface area contributed by atoms with Crippen LogP contribution in [0, 0.1) is 5.92 Å². The Balaban J connectivity index is 1.56. The molecule has 2 atom stereocenters. The number of thioether (sulfide) groups is 1. The molecular formula is C29H37N3O6S. The van der Waals surface area contributed by atoms with Gasteiger partial charge in [0.15, 0.2) is 0 Å². The first kappa shape index (κ1) is 30.1. The number of rotatable bonds is 10. The first-order chi connectivity index (χ1) is 18.4. The van der Waals surface area contributed by atoms with Crippen molar-refractivity contribution in [3.63, 3.8) is 0 Å². The SMILES string of the molecule is CCc1ccc(CCOc2ccc(CC3SC(=O)N(C(=O)C(NC(=O)OC(C)(C)C)C(C)C)C3=O)cc2)nc1. The Morgan fingerprint density at radius 3 is 2.31 bits per heavy atom. The molecule has 210 valence electrons. The highest BCUT2D eigenvalue weighted by Gasteiger charge is 2.46. The molecule has 2 aromatic rings. The van der Waals surface area contributed by atoms with Crippen molar-refractivity contribution < 1.29 is 28.7 Å². The van der Waals surface area contributed by atoms with Gasteiger partial charge in [0.25, 0.3) is 17.1 Å². The maximum Gasteiger partial charge on any atom is 0.408 e. The van der Waals surface area contributed by atoms with Crippen LogP contribution in [-0.2, 0) is 33.6 Å². The van der Waals surface area contributed by atoms with Crippen LogP contribution in [0.15, 0.2) is 42.6 Å². The number of hydrogen-bond acceptors (Lipinski definition) is 8. The van der Waals surface area contributed by atoms with Crippen LogP contribution in [0.5, 0.6) is 5.75 Å². The Kier molecular flexibility index (Phi) is 10.1. The molecule has 1 fully saturated rings. The molecule has 1 aliphatic heterocycles. The van der Waals surface area contributed by atoms with Gasteiger partial charge in [0.2, 0.25) is 0 Å². The van der Waals surface area contributed by atoms with Gasteiger partial charge in [-0.3, -0.25) is 19.4 Å². The fraction of sp³-hybridized carbons (Fsp3) is 0.483. The lowest BCUT2D eigenvalue weighted by Crippen LogP contribution is -2.53. The molecule has 1 N–H and O–H groups in total. The number of ether oxygens (including phenoxy) is 2. The monoisotopic (exact) mass is 555 g/mol. The summed E-state index contributed by atoms with van der Waals surface area (Å²) in [6.45, 7) is 11.1. The number of hydrogen-bond donors (Lipinski definition) is 1. The maximum atomic E-state index is 13.2. The van der Waals surface area contributed by atoms with Crippen LogP contribution >= 0.6 is 11.8 Å². The first-order valence-electron chi connectivity index (χ1n) is 13.1. The standard InChI is InChI=1S/C29H37N3O6S/c1-7-19-8-11-21(30-17-19)14-15-37-22-12-9-20(10-13-22)16-23-25(33)32(28(36)39-23)26(34)24(18(2)3)31-27(35)38-29(4,5)6/h8-13,17-18,23-24H,7,14-16H2,1-6H3,(H,31,35). The van der Waals surface area contributed by atoms with Crippen molar-refractivity contribution in [3.05, 3.63) is 59.4 Å². The summed E-state index contributed by atoms with van der Waals surface area (Å²) in [5.41, 5.74) is 2.23. The summed E-state index contributed by atoms with van der Waals surface area (Å²) in [7, 11) is 0. The number of nitrogens with one attached hydrogen (secondary N) is 1. The molecule has 2 heterocycles. The van der Waals surface area contributed by atoms with E-state index in [1.165, 1.54) is 5.56 Å². The average molecular weight is 556 g/mol. The molecule has 10 heteroatoms. The Labute approximate surface area is 234 Å². The summed E-state index contributed by atoms with van der Waals surface area (Å²) in [5.74, 6) is -1.03. The number of benzene rings is 1. The minimum Gasteiger partial charge on any atom is -0.493 e. The van der Waals surface area contributed by atoms with Gasteiger partial charge in [-0.25, -0.2) is 9.69 Å². The first-order valence-corrected chi connectivity index (χ1v) is 14.0. The number of alkyl carbamates (subject to hydrolysis) is 1. The predicted molar refractivity (Wildman–Crippen MR) is 150 cm³/mol. The van der Waals surface area contributed by atoms with Gasteiger partial charge < -0.3 is 14.8 Å². The third kappa shape index (κ3) is 8.54. The van der Waals surface area contributed by atoms with Gasteiger partial charge in [-0.15, -0.1) is 0 Å².